The number of aliphatic carboxylic acids is 1. The van der Waals surface area contributed by atoms with E-state index in [1.54, 1.807) is 73.5 Å². The number of rotatable bonds is 27. The SMILES string of the molecule is C.CC(C)[C@H](NC(=O)N(C)Cc1cscn1)C(=O)O.CC[C@@H](CC[C@H](CC)NC(=O)[C@@H](NC(=O)N(C)Cc1cncs1)C(C)C)NC(=O)OCc1cncs1.CC[C@H](N)CC[C@H](CC)NC(=O)OCc1cncs1.I. The smallest absolute Gasteiger partial charge is 0.407 e. The summed E-state index contributed by atoms with van der Waals surface area (Å²) < 4.78 is 10.4. The lowest BCUT2D eigenvalue weighted by Gasteiger charge is -2.28. The second-order valence-electron chi connectivity index (χ2n) is 17.9. The number of alkyl carbamates (subject to hydrolysis) is 2. The molecule has 0 aliphatic rings. The zero-order valence-electron chi connectivity index (χ0n) is 44.2. The second kappa shape index (κ2) is 39.6. The van der Waals surface area contributed by atoms with Crippen LogP contribution in [0.1, 0.15) is 135 Å². The number of amides is 7. The van der Waals surface area contributed by atoms with Gasteiger partial charge in [0.1, 0.15) is 25.3 Å². The summed E-state index contributed by atoms with van der Waals surface area (Å²) in [6, 6.07) is -2.05. The van der Waals surface area contributed by atoms with E-state index in [1.165, 1.54) is 50.2 Å². The topological polar surface area (TPSA) is 285 Å². The van der Waals surface area contributed by atoms with Crippen molar-refractivity contribution >= 4 is 105 Å². The van der Waals surface area contributed by atoms with E-state index in [0.717, 1.165) is 58.9 Å². The van der Waals surface area contributed by atoms with Crippen LogP contribution in [-0.2, 0) is 45.4 Å². The molecule has 0 radical (unpaired) electrons. The van der Waals surface area contributed by atoms with E-state index in [1.807, 2.05) is 40.0 Å². The number of hydrogen-bond donors (Lipinski definition) is 7. The molecule has 26 heteroatoms. The van der Waals surface area contributed by atoms with Crippen LogP contribution in [0.4, 0.5) is 19.2 Å². The van der Waals surface area contributed by atoms with Gasteiger partial charge in [-0.1, -0.05) is 62.8 Å². The molecule has 0 unspecified atom stereocenters. The van der Waals surface area contributed by atoms with E-state index in [9.17, 15) is 28.8 Å². The third-order valence-electron chi connectivity index (χ3n) is 11.3. The number of carboxylic acids is 1. The van der Waals surface area contributed by atoms with Crippen molar-refractivity contribution in [2.45, 2.75) is 177 Å². The Balaban J connectivity index is 0.00000119. The summed E-state index contributed by atoms with van der Waals surface area (Å²) in [5.41, 5.74) is 13.5. The lowest BCUT2D eigenvalue weighted by atomic mass is 10.00. The first-order valence-corrected chi connectivity index (χ1v) is 28.1. The molecular weight excluding hydrogens is 1160 g/mol. The van der Waals surface area contributed by atoms with Gasteiger partial charge in [-0.05, 0) is 63.2 Å². The average Bonchev–Trinajstić information content (AvgIpc) is 4.24. The molecule has 4 aromatic heterocycles. The minimum Gasteiger partial charge on any atom is -0.480 e. The fourth-order valence-corrected chi connectivity index (χ4v) is 8.76. The molecule has 8 N–H and O–H groups in total. The van der Waals surface area contributed by atoms with Crippen LogP contribution in [0.15, 0.2) is 46.0 Å². The molecule has 0 saturated carbocycles. The largest absolute Gasteiger partial charge is 0.480 e. The zero-order chi connectivity index (χ0) is 54.3. The van der Waals surface area contributed by atoms with Crippen molar-refractivity contribution in [1.82, 2.24) is 56.3 Å². The first-order valence-electron chi connectivity index (χ1n) is 24.5. The molecule has 4 aromatic rings. The van der Waals surface area contributed by atoms with Crippen LogP contribution in [0, 0.1) is 11.8 Å². The summed E-state index contributed by atoms with van der Waals surface area (Å²) in [5, 5.41) is 25.1. The molecule has 7 amide bonds. The van der Waals surface area contributed by atoms with Gasteiger partial charge in [0.25, 0.3) is 0 Å². The number of carbonyl (C=O) groups is 6. The maximum Gasteiger partial charge on any atom is 0.407 e. The van der Waals surface area contributed by atoms with Gasteiger partial charge in [-0.25, -0.2) is 29.0 Å². The molecule has 6 atom stereocenters. The number of halogens is 1. The standard InChI is InChI=1S/C24H38N6O4S2.C13H23N3O2S.C11H17N3O3S.CH4.HI/c1-6-17(8-9-18(7-2)28-24(33)34-13-20-11-26-15-36-20)27-22(31)21(16(3)4)29-23(32)30(5)12-19-10-25-14-35-19;1-3-10(14)5-6-11(4-2)16-13(17)18-8-12-7-15-9-19-12;1-7(2)9(10(15)16)13-11(17)14(3)4-8-5-18-6-12-8;;/h10-11,14-18,21H,6-9,12-13H2,1-5H3,(H,27,31)(H,28,33)(H,29,32);7,9-11H,3-6,8,14H2,1-2H3,(H,16,17);5-7,9H,4H2,1-3H3,(H,13,17)(H,15,16);1H4;1H/t17-,18-,21-;10-,11-;9-;;/m000../s1. The van der Waals surface area contributed by atoms with Crippen molar-refractivity contribution in [3.63, 3.8) is 0 Å². The summed E-state index contributed by atoms with van der Waals surface area (Å²) in [6.07, 6.45) is 10.8. The summed E-state index contributed by atoms with van der Waals surface area (Å²) in [7, 11) is 3.30. The highest BCUT2D eigenvalue weighted by Gasteiger charge is 2.28. The van der Waals surface area contributed by atoms with Crippen molar-refractivity contribution in [2.24, 2.45) is 17.6 Å². The average molecular weight is 1240 g/mol. The molecule has 4 rings (SSSR count). The van der Waals surface area contributed by atoms with Crippen LogP contribution < -0.4 is 32.3 Å². The van der Waals surface area contributed by atoms with E-state index in [0.29, 0.717) is 25.9 Å². The van der Waals surface area contributed by atoms with Crippen LogP contribution in [0.2, 0.25) is 0 Å². The molecule has 0 aliphatic heterocycles. The molecule has 0 fully saturated rings. The first-order chi connectivity index (χ1) is 34.8. The zero-order valence-corrected chi connectivity index (χ0v) is 49.8. The van der Waals surface area contributed by atoms with Crippen LogP contribution in [0.5, 0.6) is 0 Å². The van der Waals surface area contributed by atoms with Crippen molar-refractivity contribution in [3.8, 4) is 0 Å². The van der Waals surface area contributed by atoms with E-state index in [2.05, 4.69) is 53.4 Å². The van der Waals surface area contributed by atoms with Crippen LogP contribution in [0.3, 0.4) is 0 Å². The number of nitrogens with two attached hydrogens (primary N) is 1. The molecule has 0 saturated heterocycles. The number of ether oxygens (including phenoxy) is 2. The van der Waals surface area contributed by atoms with Gasteiger partial charge in [-0.3, -0.25) is 19.7 Å². The molecule has 21 nitrogen and oxygen atoms in total. The number of carboxylic acid groups (broad SMARTS) is 1. The Morgan fingerprint density at radius 1 is 0.613 bits per heavy atom. The number of thiazole rings is 4. The number of carbonyl (C=O) groups excluding carboxylic acids is 5. The van der Waals surface area contributed by atoms with E-state index < -0.39 is 30.2 Å². The molecule has 424 valence electrons. The Labute approximate surface area is 476 Å². The Morgan fingerprint density at radius 3 is 1.43 bits per heavy atom. The maximum absolute atomic E-state index is 13.1. The Bertz CT molecular complexity index is 2140. The minimum atomic E-state index is -1.03. The van der Waals surface area contributed by atoms with Gasteiger partial charge in [0, 0.05) is 67.1 Å². The van der Waals surface area contributed by atoms with Gasteiger partial charge in [-0.2, -0.15) is 0 Å². The van der Waals surface area contributed by atoms with Gasteiger partial charge < -0.3 is 56.7 Å². The summed E-state index contributed by atoms with van der Waals surface area (Å²) in [4.78, 5) is 94.1. The van der Waals surface area contributed by atoms with Gasteiger partial charge in [0.05, 0.1) is 50.6 Å². The third kappa shape index (κ3) is 29.4. The number of urea groups is 2. The van der Waals surface area contributed by atoms with E-state index in [4.69, 9.17) is 20.3 Å². The normalized spacial score (nSPS) is 12.9. The Hall–Kier alpha value is -4.77. The molecule has 0 aliphatic carbocycles. The van der Waals surface area contributed by atoms with Gasteiger partial charge in [-0.15, -0.1) is 69.3 Å². The molecular formula is C49H83IN12O9S4. The predicted molar refractivity (Wildman–Crippen MR) is 309 cm³/mol. The van der Waals surface area contributed by atoms with Crippen molar-refractivity contribution in [3.05, 3.63) is 66.3 Å². The maximum atomic E-state index is 13.1. The molecule has 0 spiro atoms. The minimum absolute atomic E-state index is 0. The lowest BCUT2D eigenvalue weighted by molar-refractivity contribution is -0.140. The predicted octanol–water partition coefficient (Wildman–Crippen LogP) is 9.46. The highest BCUT2D eigenvalue weighted by Crippen LogP contribution is 2.14. The van der Waals surface area contributed by atoms with Crippen molar-refractivity contribution in [1.29, 1.82) is 0 Å². The highest BCUT2D eigenvalue weighted by atomic mass is 127. The molecule has 75 heavy (non-hydrogen) atoms. The van der Waals surface area contributed by atoms with Crippen molar-refractivity contribution < 1.29 is 43.3 Å². The quantitative estimate of drug-likeness (QED) is 0.0274. The Kier molecular flexibility index (Phi) is 37.1. The highest BCUT2D eigenvalue weighted by molar-refractivity contribution is 14.0. The van der Waals surface area contributed by atoms with Crippen molar-refractivity contribution in [2.75, 3.05) is 14.1 Å². The lowest BCUT2D eigenvalue weighted by Crippen LogP contribution is -2.54. The summed E-state index contributed by atoms with van der Waals surface area (Å²) in [5.74, 6) is -1.48. The van der Waals surface area contributed by atoms with Crippen LogP contribution in [-0.4, -0.2) is 121 Å². The van der Waals surface area contributed by atoms with Gasteiger partial charge >= 0.3 is 30.2 Å². The van der Waals surface area contributed by atoms with Gasteiger partial charge in [0.2, 0.25) is 5.91 Å². The first kappa shape index (κ1) is 70.2. The molecule has 0 aromatic carbocycles. The van der Waals surface area contributed by atoms with E-state index >= 15 is 0 Å². The number of hydrogen-bond acceptors (Lipinski definition) is 17. The number of nitrogens with zero attached hydrogens (tertiary/aromatic N) is 6. The fraction of sp³-hybridized carbons (Fsp3) is 0.633. The van der Waals surface area contributed by atoms with Gasteiger partial charge in [0.15, 0.2) is 0 Å². The molecule has 4 heterocycles. The van der Waals surface area contributed by atoms with Crippen LogP contribution in [0.25, 0.3) is 0 Å². The number of nitrogens with one attached hydrogen (secondary N) is 5. The fourth-order valence-electron chi connectivity index (χ4n) is 6.56. The second-order valence-corrected chi connectivity index (χ2v) is 21.5. The third-order valence-corrected chi connectivity index (χ3v) is 14.2. The van der Waals surface area contributed by atoms with Crippen LogP contribution >= 0.6 is 69.3 Å². The van der Waals surface area contributed by atoms with E-state index in [-0.39, 0.29) is 98.7 Å². The summed E-state index contributed by atoms with van der Waals surface area (Å²) in [6.45, 7) is 16.7. The molecule has 0 bridgehead atoms. The summed E-state index contributed by atoms with van der Waals surface area (Å²) >= 11 is 5.84. The Morgan fingerprint density at radius 2 is 1.04 bits per heavy atom. The number of aromatic nitrogens is 4. The monoisotopic (exact) mass is 1240 g/mol.